The summed E-state index contributed by atoms with van der Waals surface area (Å²) in [7, 11) is 2.22. The van der Waals surface area contributed by atoms with E-state index < -0.39 is 0 Å². The van der Waals surface area contributed by atoms with Gasteiger partial charge in [0.2, 0.25) is 0 Å². The lowest BCUT2D eigenvalue weighted by Crippen LogP contribution is -3.12. The predicted octanol–water partition coefficient (Wildman–Crippen LogP) is 3.84. The number of piperazine rings is 1. The number of nitrogens with one attached hydrogen (secondary N) is 2. The van der Waals surface area contributed by atoms with Gasteiger partial charge in [-0.2, -0.15) is 0 Å². The molecular formula is C22H22Cl2N3O2+. The molecule has 1 saturated heterocycles. The van der Waals surface area contributed by atoms with Gasteiger partial charge in [0.05, 0.1) is 38.2 Å². The first kappa shape index (κ1) is 19.8. The molecule has 2 N–H and O–H groups in total. The number of rotatable bonds is 4. The third-order valence-electron chi connectivity index (χ3n) is 5.13. The van der Waals surface area contributed by atoms with E-state index >= 15 is 0 Å². The largest absolute Gasteiger partial charge is 0.451 e. The van der Waals surface area contributed by atoms with Crippen LogP contribution in [0.15, 0.2) is 59.0 Å². The first-order chi connectivity index (χ1) is 14.0. The lowest BCUT2D eigenvalue weighted by atomic mass is 10.2. The number of carbonyl (C=O) groups is 1. The van der Waals surface area contributed by atoms with Crippen molar-refractivity contribution in [1.82, 2.24) is 0 Å². The van der Waals surface area contributed by atoms with Gasteiger partial charge in [-0.1, -0.05) is 23.2 Å². The van der Waals surface area contributed by atoms with Gasteiger partial charge in [0.1, 0.15) is 5.76 Å². The van der Waals surface area contributed by atoms with Crippen LogP contribution in [0.2, 0.25) is 10.0 Å². The van der Waals surface area contributed by atoms with Crippen LogP contribution < -0.4 is 15.1 Å². The fourth-order valence-electron chi connectivity index (χ4n) is 3.39. The molecule has 1 aromatic heterocycles. The molecule has 7 heteroatoms. The standard InChI is InChI=1S/C22H21Cl2N3O2/c1-26-10-12-27(13-11-26)17-5-3-16(4-6-17)25-22(28)21-9-8-20(29-21)18-14-15(23)2-7-19(18)24/h2-9,14H,10-13H2,1H3,(H,25,28)/p+1. The Morgan fingerprint density at radius 1 is 1.03 bits per heavy atom. The van der Waals surface area contributed by atoms with E-state index in [1.165, 1.54) is 5.69 Å². The van der Waals surface area contributed by atoms with Crippen LogP contribution in [0.3, 0.4) is 0 Å². The Bertz CT molecular complexity index is 1010. The van der Waals surface area contributed by atoms with Crippen molar-refractivity contribution in [2.24, 2.45) is 0 Å². The molecule has 5 nitrogen and oxygen atoms in total. The van der Waals surface area contributed by atoms with Crippen LogP contribution in [0, 0.1) is 0 Å². The number of carbonyl (C=O) groups excluding carboxylic acids is 1. The van der Waals surface area contributed by atoms with Crippen LogP contribution in [0.1, 0.15) is 10.6 Å². The summed E-state index contributed by atoms with van der Waals surface area (Å²) in [5.41, 5.74) is 2.54. The van der Waals surface area contributed by atoms with E-state index in [0.29, 0.717) is 21.4 Å². The van der Waals surface area contributed by atoms with Gasteiger partial charge in [-0.25, -0.2) is 0 Å². The summed E-state index contributed by atoms with van der Waals surface area (Å²) in [6.07, 6.45) is 0. The lowest BCUT2D eigenvalue weighted by Gasteiger charge is -2.31. The lowest BCUT2D eigenvalue weighted by molar-refractivity contribution is -0.880. The number of halogens is 2. The second-order valence-electron chi connectivity index (χ2n) is 7.23. The smallest absolute Gasteiger partial charge is 0.291 e. The number of quaternary nitrogens is 1. The SMILES string of the molecule is C[NH+]1CCN(c2ccc(NC(=O)c3ccc(-c4cc(Cl)ccc4Cl)o3)cc2)CC1. The number of likely N-dealkylation sites (N-methyl/N-ethyl adjacent to an activating group) is 1. The van der Waals surface area contributed by atoms with E-state index in [4.69, 9.17) is 27.6 Å². The number of furan rings is 1. The van der Waals surface area contributed by atoms with Crippen molar-refractivity contribution < 1.29 is 14.1 Å². The zero-order valence-electron chi connectivity index (χ0n) is 16.0. The third-order valence-corrected chi connectivity index (χ3v) is 5.70. The second kappa shape index (κ2) is 8.49. The van der Waals surface area contributed by atoms with Crippen LogP contribution in [-0.2, 0) is 0 Å². The van der Waals surface area contributed by atoms with Gasteiger partial charge in [-0.05, 0) is 54.6 Å². The van der Waals surface area contributed by atoms with Crippen LogP contribution >= 0.6 is 23.2 Å². The number of hydrogen-bond acceptors (Lipinski definition) is 3. The average molecular weight is 431 g/mol. The first-order valence-corrected chi connectivity index (χ1v) is 10.3. The molecule has 1 aliphatic rings. The summed E-state index contributed by atoms with van der Waals surface area (Å²) < 4.78 is 5.70. The molecule has 2 aromatic carbocycles. The molecule has 4 rings (SSSR count). The summed E-state index contributed by atoms with van der Waals surface area (Å²) in [4.78, 5) is 16.5. The van der Waals surface area contributed by atoms with E-state index in [1.807, 2.05) is 24.3 Å². The molecule has 29 heavy (non-hydrogen) atoms. The maximum atomic E-state index is 12.6. The van der Waals surface area contributed by atoms with Gasteiger partial charge in [0, 0.05) is 22.0 Å². The van der Waals surface area contributed by atoms with E-state index in [2.05, 4.69) is 17.3 Å². The summed E-state index contributed by atoms with van der Waals surface area (Å²) >= 11 is 12.2. The Hall–Kier alpha value is -2.47. The second-order valence-corrected chi connectivity index (χ2v) is 8.08. The zero-order valence-corrected chi connectivity index (χ0v) is 17.6. The number of amides is 1. The fourth-order valence-corrected chi connectivity index (χ4v) is 3.77. The summed E-state index contributed by atoms with van der Waals surface area (Å²) in [5, 5.41) is 3.93. The molecule has 0 radical (unpaired) electrons. The Morgan fingerprint density at radius 3 is 2.48 bits per heavy atom. The van der Waals surface area contributed by atoms with Crippen LogP contribution in [0.4, 0.5) is 11.4 Å². The first-order valence-electron chi connectivity index (χ1n) is 9.52. The number of benzene rings is 2. The molecule has 0 bridgehead atoms. The van der Waals surface area contributed by atoms with Crippen molar-refractivity contribution in [3.63, 3.8) is 0 Å². The summed E-state index contributed by atoms with van der Waals surface area (Å²) in [6.45, 7) is 4.35. The van der Waals surface area contributed by atoms with E-state index in [9.17, 15) is 4.79 Å². The number of nitrogens with zero attached hydrogens (tertiary/aromatic N) is 1. The fraction of sp³-hybridized carbons (Fsp3) is 0.227. The Kier molecular flexibility index (Phi) is 5.81. The molecule has 0 unspecified atom stereocenters. The van der Waals surface area contributed by atoms with E-state index in [0.717, 1.165) is 31.9 Å². The molecular weight excluding hydrogens is 409 g/mol. The van der Waals surface area contributed by atoms with Crippen LogP contribution in [0.25, 0.3) is 11.3 Å². The molecule has 150 valence electrons. The highest BCUT2D eigenvalue weighted by Gasteiger charge is 2.18. The van der Waals surface area contributed by atoms with Gasteiger partial charge >= 0.3 is 0 Å². The van der Waals surface area contributed by atoms with Gasteiger partial charge in [0.15, 0.2) is 5.76 Å². The van der Waals surface area contributed by atoms with Crippen molar-refractivity contribution in [3.05, 3.63) is 70.4 Å². The third kappa shape index (κ3) is 4.58. The Balaban J connectivity index is 1.43. The Labute approximate surface area is 179 Å². The van der Waals surface area contributed by atoms with Crippen molar-refractivity contribution >= 4 is 40.5 Å². The monoisotopic (exact) mass is 430 g/mol. The molecule has 1 aliphatic heterocycles. The topological polar surface area (TPSA) is 49.9 Å². The normalized spacial score (nSPS) is 14.8. The van der Waals surface area contributed by atoms with Crippen molar-refractivity contribution in [2.45, 2.75) is 0 Å². The molecule has 2 heterocycles. The maximum Gasteiger partial charge on any atom is 0.291 e. The summed E-state index contributed by atoms with van der Waals surface area (Å²) in [6, 6.07) is 16.4. The molecule has 3 aromatic rings. The Morgan fingerprint density at radius 2 is 1.76 bits per heavy atom. The summed E-state index contributed by atoms with van der Waals surface area (Å²) in [5.74, 6) is 0.391. The highest BCUT2D eigenvalue weighted by atomic mass is 35.5. The quantitative estimate of drug-likeness (QED) is 0.660. The molecule has 0 aliphatic carbocycles. The predicted molar refractivity (Wildman–Crippen MR) is 117 cm³/mol. The highest BCUT2D eigenvalue weighted by molar-refractivity contribution is 6.35. The van der Waals surface area contributed by atoms with Crippen LogP contribution in [-0.4, -0.2) is 39.1 Å². The van der Waals surface area contributed by atoms with Gasteiger partial charge in [0.25, 0.3) is 5.91 Å². The van der Waals surface area contributed by atoms with Gasteiger partial charge in [-0.3, -0.25) is 4.79 Å². The minimum absolute atomic E-state index is 0.210. The van der Waals surface area contributed by atoms with E-state index in [1.54, 1.807) is 35.2 Å². The maximum absolute atomic E-state index is 12.6. The number of hydrogen-bond donors (Lipinski definition) is 2. The molecule has 0 spiro atoms. The van der Waals surface area contributed by atoms with Crippen molar-refractivity contribution in [1.29, 1.82) is 0 Å². The molecule has 1 amide bonds. The molecule has 1 fully saturated rings. The van der Waals surface area contributed by atoms with Gasteiger partial charge in [-0.15, -0.1) is 0 Å². The van der Waals surface area contributed by atoms with Gasteiger partial charge < -0.3 is 19.5 Å². The molecule has 0 atom stereocenters. The van der Waals surface area contributed by atoms with Crippen molar-refractivity contribution in [2.75, 3.05) is 43.4 Å². The number of anilines is 2. The highest BCUT2D eigenvalue weighted by Crippen LogP contribution is 2.32. The molecule has 0 saturated carbocycles. The van der Waals surface area contributed by atoms with Crippen LogP contribution in [0.5, 0.6) is 0 Å². The average Bonchev–Trinajstić information content (AvgIpc) is 3.21. The zero-order chi connectivity index (χ0) is 20.4. The van der Waals surface area contributed by atoms with Crippen molar-refractivity contribution in [3.8, 4) is 11.3 Å². The van der Waals surface area contributed by atoms with E-state index in [-0.39, 0.29) is 11.7 Å². The minimum Gasteiger partial charge on any atom is -0.451 e. The minimum atomic E-state index is -0.314.